The van der Waals surface area contributed by atoms with Gasteiger partial charge in [-0.1, -0.05) is 34.1 Å². The second-order valence-electron chi connectivity index (χ2n) is 6.06. The van der Waals surface area contributed by atoms with Gasteiger partial charge in [0, 0.05) is 22.5 Å². The van der Waals surface area contributed by atoms with Crippen LogP contribution in [-0.2, 0) is 5.41 Å². The molecule has 1 heterocycles. The summed E-state index contributed by atoms with van der Waals surface area (Å²) in [7, 11) is 2.08. The van der Waals surface area contributed by atoms with E-state index >= 15 is 0 Å². The Morgan fingerprint density at radius 2 is 1.95 bits per heavy atom. The lowest BCUT2D eigenvalue weighted by atomic mass is 9.72. The van der Waals surface area contributed by atoms with Crippen LogP contribution in [0.15, 0.2) is 28.7 Å². The number of nitrogens with zero attached hydrogens (tertiary/aromatic N) is 1. The zero-order chi connectivity index (χ0) is 13.3. The van der Waals surface area contributed by atoms with Crippen molar-refractivity contribution in [3.05, 3.63) is 34.3 Å². The molecule has 0 amide bonds. The molecule has 0 aromatic heterocycles. The van der Waals surface area contributed by atoms with Gasteiger partial charge in [-0.3, -0.25) is 0 Å². The van der Waals surface area contributed by atoms with E-state index in [-0.39, 0.29) is 0 Å². The molecule has 0 atom stereocenters. The molecule has 19 heavy (non-hydrogen) atoms. The summed E-state index contributed by atoms with van der Waals surface area (Å²) < 4.78 is 1.27. The van der Waals surface area contributed by atoms with Crippen molar-refractivity contribution in [3.8, 4) is 0 Å². The van der Waals surface area contributed by atoms with E-state index in [2.05, 4.69) is 57.5 Å². The topological polar surface area (TPSA) is 15.3 Å². The molecule has 1 saturated carbocycles. The maximum Gasteiger partial charge on any atom is 0.0213 e. The highest BCUT2D eigenvalue weighted by molar-refractivity contribution is 9.10. The van der Waals surface area contributed by atoms with Crippen molar-refractivity contribution in [1.82, 2.24) is 10.2 Å². The number of hydrogen-bond acceptors (Lipinski definition) is 2. The molecule has 0 unspecified atom stereocenters. The van der Waals surface area contributed by atoms with Crippen LogP contribution in [0, 0.1) is 0 Å². The molecule has 3 heteroatoms. The van der Waals surface area contributed by atoms with Gasteiger partial charge in [-0.15, -0.1) is 0 Å². The zero-order valence-corrected chi connectivity index (χ0v) is 13.2. The molecule has 1 N–H and O–H groups in total. The van der Waals surface area contributed by atoms with E-state index in [1.54, 1.807) is 0 Å². The summed E-state index contributed by atoms with van der Waals surface area (Å²) in [6, 6.07) is 9.67. The number of likely N-dealkylation sites (N-methyl/N-ethyl adjacent to an activating group) is 1. The van der Waals surface area contributed by atoms with E-state index in [1.807, 2.05) is 0 Å². The van der Waals surface area contributed by atoms with Gasteiger partial charge in [0.2, 0.25) is 0 Å². The van der Waals surface area contributed by atoms with Crippen molar-refractivity contribution >= 4 is 15.9 Å². The third-order valence-electron chi connectivity index (χ3n) is 4.78. The summed E-state index contributed by atoms with van der Waals surface area (Å²) in [6.45, 7) is 3.59. The third kappa shape index (κ3) is 2.74. The van der Waals surface area contributed by atoms with E-state index in [0.717, 1.165) is 12.6 Å². The van der Waals surface area contributed by atoms with Crippen molar-refractivity contribution < 1.29 is 0 Å². The lowest BCUT2D eigenvalue weighted by molar-refractivity contribution is 0.150. The fraction of sp³-hybridized carbons (Fsp3) is 0.625. The van der Waals surface area contributed by atoms with Gasteiger partial charge < -0.3 is 10.2 Å². The molecule has 1 aromatic rings. The van der Waals surface area contributed by atoms with Gasteiger partial charge in [0.15, 0.2) is 0 Å². The van der Waals surface area contributed by atoms with Gasteiger partial charge in [0.25, 0.3) is 0 Å². The fourth-order valence-corrected chi connectivity index (χ4v) is 4.23. The average Bonchev–Trinajstić information content (AvgIpc) is 3.25. The van der Waals surface area contributed by atoms with Crippen molar-refractivity contribution in [3.63, 3.8) is 0 Å². The standard InChI is InChI=1S/C16H23BrN2/c1-18-12-16(14-4-2-3-5-15(14)17)8-10-19(11-9-16)13-6-7-13/h2-5,13,18H,6-12H2,1H3. The van der Waals surface area contributed by atoms with Crippen molar-refractivity contribution in [2.75, 3.05) is 26.7 Å². The van der Waals surface area contributed by atoms with E-state index in [1.165, 1.54) is 48.8 Å². The van der Waals surface area contributed by atoms with Gasteiger partial charge >= 0.3 is 0 Å². The first-order valence-electron chi connectivity index (χ1n) is 7.39. The number of rotatable bonds is 4. The van der Waals surface area contributed by atoms with Crippen molar-refractivity contribution in [1.29, 1.82) is 0 Å². The van der Waals surface area contributed by atoms with E-state index < -0.39 is 0 Å². The molecule has 1 aliphatic heterocycles. The highest BCUT2D eigenvalue weighted by Crippen LogP contribution is 2.41. The second kappa shape index (κ2) is 5.55. The van der Waals surface area contributed by atoms with Crippen molar-refractivity contribution in [2.24, 2.45) is 0 Å². The zero-order valence-electron chi connectivity index (χ0n) is 11.7. The Balaban J connectivity index is 1.82. The Bertz CT molecular complexity index is 434. The second-order valence-corrected chi connectivity index (χ2v) is 6.91. The Labute approximate surface area is 124 Å². The van der Waals surface area contributed by atoms with Gasteiger partial charge in [-0.25, -0.2) is 0 Å². The number of hydrogen-bond donors (Lipinski definition) is 1. The average molecular weight is 323 g/mol. The van der Waals surface area contributed by atoms with Gasteiger partial charge in [-0.05, 0) is 57.5 Å². The van der Waals surface area contributed by atoms with Crippen LogP contribution in [0.25, 0.3) is 0 Å². The summed E-state index contributed by atoms with van der Waals surface area (Å²) in [5.74, 6) is 0. The minimum absolute atomic E-state index is 0.306. The highest BCUT2D eigenvalue weighted by atomic mass is 79.9. The summed E-state index contributed by atoms with van der Waals surface area (Å²) in [5, 5.41) is 3.42. The van der Waals surface area contributed by atoms with Gasteiger partial charge in [-0.2, -0.15) is 0 Å². The maximum absolute atomic E-state index is 3.75. The molecule has 2 fully saturated rings. The number of nitrogens with one attached hydrogen (secondary N) is 1. The molecule has 0 bridgehead atoms. The first kappa shape index (κ1) is 13.6. The SMILES string of the molecule is CNCC1(c2ccccc2Br)CCN(C2CC2)CC1. The molecular formula is C16H23BrN2. The maximum atomic E-state index is 3.75. The van der Waals surface area contributed by atoms with Crippen molar-refractivity contribution in [2.45, 2.75) is 37.1 Å². The lowest BCUT2D eigenvalue weighted by Crippen LogP contribution is -2.48. The number of likely N-dealkylation sites (tertiary alicyclic amines) is 1. The molecule has 3 rings (SSSR count). The third-order valence-corrected chi connectivity index (χ3v) is 5.47. The Hall–Kier alpha value is -0.380. The van der Waals surface area contributed by atoms with Gasteiger partial charge in [0.1, 0.15) is 0 Å². The number of piperidine rings is 1. The Kier molecular flexibility index (Phi) is 3.97. The summed E-state index contributed by atoms with van der Waals surface area (Å²) >= 11 is 3.75. The van der Waals surface area contributed by atoms with E-state index in [0.29, 0.717) is 5.41 Å². The number of benzene rings is 1. The lowest BCUT2D eigenvalue weighted by Gasteiger charge is -2.43. The minimum atomic E-state index is 0.306. The molecule has 1 saturated heterocycles. The largest absolute Gasteiger partial charge is 0.319 e. The monoisotopic (exact) mass is 322 g/mol. The molecule has 0 radical (unpaired) electrons. The predicted molar refractivity (Wildman–Crippen MR) is 83.6 cm³/mol. The van der Waals surface area contributed by atoms with Crippen LogP contribution in [-0.4, -0.2) is 37.6 Å². The van der Waals surface area contributed by atoms with Crippen LogP contribution in [0.1, 0.15) is 31.2 Å². The molecule has 1 aromatic carbocycles. The quantitative estimate of drug-likeness (QED) is 0.916. The highest BCUT2D eigenvalue weighted by Gasteiger charge is 2.40. The first-order valence-corrected chi connectivity index (χ1v) is 8.18. The predicted octanol–water partition coefficient (Wildman–Crippen LogP) is 3.16. The normalized spacial score (nSPS) is 23.5. The van der Waals surface area contributed by atoms with Crippen LogP contribution >= 0.6 is 15.9 Å². The fourth-order valence-electron chi connectivity index (χ4n) is 3.53. The van der Waals surface area contributed by atoms with Crippen LogP contribution in [0.5, 0.6) is 0 Å². The number of halogens is 1. The summed E-state index contributed by atoms with van der Waals surface area (Å²) in [6.07, 6.45) is 5.39. The smallest absolute Gasteiger partial charge is 0.0213 e. The van der Waals surface area contributed by atoms with Gasteiger partial charge in [0.05, 0.1) is 0 Å². The first-order chi connectivity index (χ1) is 9.25. The van der Waals surface area contributed by atoms with Crippen LogP contribution in [0.4, 0.5) is 0 Å². The van der Waals surface area contributed by atoms with Crippen LogP contribution < -0.4 is 5.32 Å². The Morgan fingerprint density at radius 3 is 2.53 bits per heavy atom. The minimum Gasteiger partial charge on any atom is -0.319 e. The molecule has 0 spiro atoms. The Morgan fingerprint density at radius 1 is 1.26 bits per heavy atom. The molecule has 2 aliphatic rings. The molecular weight excluding hydrogens is 300 g/mol. The van der Waals surface area contributed by atoms with E-state index in [4.69, 9.17) is 0 Å². The molecule has 1 aliphatic carbocycles. The summed E-state index contributed by atoms with van der Waals surface area (Å²) in [4.78, 5) is 2.70. The summed E-state index contributed by atoms with van der Waals surface area (Å²) in [5.41, 5.74) is 1.79. The van der Waals surface area contributed by atoms with Crippen LogP contribution in [0.3, 0.4) is 0 Å². The molecule has 104 valence electrons. The molecule has 2 nitrogen and oxygen atoms in total. The van der Waals surface area contributed by atoms with E-state index in [9.17, 15) is 0 Å². The van der Waals surface area contributed by atoms with Crippen LogP contribution in [0.2, 0.25) is 0 Å².